The number of benzene rings is 1. The zero-order chi connectivity index (χ0) is 18.0. The molecule has 1 amide bonds. The van der Waals surface area contributed by atoms with E-state index in [1.54, 1.807) is 12.1 Å². The maximum absolute atomic E-state index is 12.7. The summed E-state index contributed by atoms with van der Waals surface area (Å²) < 4.78 is 27.0. The second-order valence-electron chi connectivity index (χ2n) is 7.14. The molecular formula is C18H27N3O3S. The van der Waals surface area contributed by atoms with Gasteiger partial charge >= 0.3 is 0 Å². The van der Waals surface area contributed by atoms with Gasteiger partial charge in [0.2, 0.25) is 15.9 Å². The van der Waals surface area contributed by atoms with Crippen LogP contribution < -0.4 is 0 Å². The summed E-state index contributed by atoms with van der Waals surface area (Å²) in [5.74, 6) is 0.234. The SMILES string of the molecule is Cc1ccc(S(=O)(=O)N2CCN(C(=O)C3CCCN(C)C3)CC2)cc1. The molecule has 3 rings (SSSR count). The molecule has 2 aliphatic heterocycles. The first-order valence-electron chi connectivity index (χ1n) is 8.92. The van der Waals surface area contributed by atoms with Crippen molar-refractivity contribution in [3.8, 4) is 0 Å². The molecule has 0 N–H and O–H groups in total. The summed E-state index contributed by atoms with van der Waals surface area (Å²) in [4.78, 5) is 17.1. The van der Waals surface area contributed by atoms with E-state index in [-0.39, 0.29) is 11.8 Å². The highest BCUT2D eigenvalue weighted by molar-refractivity contribution is 7.89. The molecule has 2 saturated heterocycles. The molecular weight excluding hydrogens is 338 g/mol. The Labute approximate surface area is 150 Å². The van der Waals surface area contributed by atoms with Crippen molar-refractivity contribution in [1.29, 1.82) is 0 Å². The molecule has 6 nitrogen and oxygen atoms in total. The van der Waals surface area contributed by atoms with Crippen molar-refractivity contribution in [1.82, 2.24) is 14.1 Å². The molecule has 1 aromatic rings. The fourth-order valence-corrected chi connectivity index (χ4v) is 5.06. The lowest BCUT2D eigenvalue weighted by molar-refractivity contribution is -0.138. The van der Waals surface area contributed by atoms with Gasteiger partial charge in [0.15, 0.2) is 0 Å². The minimum atomic E-state index is -3.47. The normalized spacial score (nSPS) is 23.6. The van der Waals surface area contributed by atoms with E-state index < -0.39 is 10.0 Å². The van der Waals surface area contributed by atoms with Crippen molar-refractivity contribution in [2.75, 3.05) is 46.3 Å². The Morgan fingerprint density at radius 3 is 2.28 bits per heavy atom. The first-order valence-corrected chi connectivity index (χ1v) is 10.4. The Morgan fingerprint density at radius 1 is 1.04 bits per heavy atom. The molecule has 2 heterocycles. The van der Waals surface area contributed by atoms with Gasteiger partial charge in [-0.25, -0.2) is 8.42 Å². The number of amides is 1. The van der Waals surface area contributed by atoms with Crippen molar-refractivity contribution >= 4 is 15.9 Å². The minimum Gasteiger partial charge on any atom is -0.340 e. The topological polar surface area (TPSA) is 60.9 Å². The summed E-state index contributed by atoms with van der Waals surface area (Å²) in [5.41, 5.74) is 1.03. The molecule has 1 unspecified atom stereocenters. The van der Waals surface area contributed by atoms with Crippen LogP contribution in [0, 0.1) is 12.8 Å². The second kappa shape index (κ2) is 7.43. The summed E-state index contributed by atoms with van der Waals surface area (Å²) in [6.07, 6.45) is 1.99. The monoisotopic (exact) mass is 365 g/mol. The Kier molecular flexibility index (Phi) is 5.46. The van der Waals surface area contributed by atoms with E-state index >= 15 is 0 Å². The van der Waals surface area contributed by atoms with Crippen molar-refractivity contribution in [3.05, 3.63) is 29.8 Å². The third-order valence-corrected chi connectivity index (χ3v) is 7.10. The van der Waals surface area contributed by atoms with E-state index in [4.69, 9.17) is 0 Å². The van der Waals surface area contributed by atoms with Gasteiger partial charge in [-0.1, -0.05) is 17.7 Å². The zero-order valence-electron chi connectivity index (χ0n) is 15.0. The van der Waals surface area contributed by atoms with E-state index in [1.807, 2.05) is 31.0 Å². The van der Waals surface area contributed by atoms with Gasteiger partial charge in [-0.05, 0) is 45.5 Å². The van der Waals surface area contributed by atoms with Crippen LogP contribution in [0.5, 0.6) is 0 Å². The highest BCUT2D eigenvalue weighted by Crippen LogP contribution is 2.21. The molecule has 0 saturated carbocycles. The van der Waals surface area contributed by atoms with E-state index in [0.717, 1.165) is 31.5 Å². The molecule has 1 aromatic carbocycles. The van der Waals surface area contributed by atoms with Crippen molar-refractivity contribution in [3.63, 3.8) is 0 Å². The molecule has 0 radical (unpaired) electrons. The van der Waals surface area contributed by atoms with Crippen LogP contribution in [0.3, 0.4) is 0 Å². The van der Waals surface area contributed by atoms with E-state index in [9.17, 15) is 13.2 Å². The maximum atomic E-state index is 12.7. The van der Waals surface area contributed by atoms with Gasteiger partial charge in [-0.15, -0.1) is 0 Å². The molecule has 7 heteroatoms. The highest BCUT2D eigenvalue weighted by Gasteiger charge is 2.33. The van der Waals surface area contributed by atoms with Crippen LogP contribution >= 0.6 is 0 Å². The molecule has 2 fully saturated rings. The van der Waals surface area contributed by atoms with E-state index in [2.05, 4.69) is 4.90 Å². The van der Waals surface area contributed by atoms with Crippen molar-refractivity contribution in [2.24, 2.45) is 5.92 Å². The lowest BCUT2D eigenvalue weighted by atomic mass is 9.97. The number of nitrogens with zero attached hydrogens (tertiary/aromatic N) is 3. The first kappa shape index (κ1) is 18.4. The lowest BCUT2D eigenvalue weighted by Gasteiger charge is -2.37. The number of piperazine rings is 1. The third kappa shape index (κ3) is 4.04. The molecule has 0 aliphatic carbocycles. The number of hydrogen-bond acceptors (Lipinski definition) is 4. The maximum Gasteiger partial charge on any atom is 0.243 e. The van der Waals surface area contributed by atoms with Crippen LogP contribution in [0.1, 0.15) is 18.4 Å². The summed E-state index contributed by atoms with van der Waals surface area (Å²) in [6, 6.07) is 6.93. The van der Waals surface area contributed by atoms with Crippen LogP contribution in [0.25, 0.3) is 0 Å². The predicted octanol–water partition coefficient (Wildman–Crippen LogP) is 1.17. The highest BCUT2D eigenvalue weighted by atomic mass is 32.2. The predicted molar refractivity (Wildman–Crippen MR) is 96.7 cm³/mol. The standard InChI is InChI=1S/C18H27N3O3S/c1-15-5-7-17(8-6-15)25(23,24)21-12-10-20(11-13-21)18(22)16-4-3-9-19(2)14-16/h5-8,16H,3-4,9-14H2,1-2H3. The number of likely N-dealkylation sites (tertiary alicyclic amines) is 1. The lowest BCUT2D eigenvalue weighted by Crippen LogP contribution is -2.53. The third-order valence-electron chi connectivity index (χ3n) is 5.18. The summed E-state index contributed by atoms with van der Waals surface area (Å²) >= 11 is 0. The van der Waals surface area contributed by atoms with Gasteiger partial charge in [0.1, 0.15) is 0 Å². The van der Waals surface area contributed by atoms with Crippen LogP contribution in [-0.4, -0.2) is 74.7 Å². The van der Waals surface area contributed by atoms with Crippen molar-refractivity contribution < 1.29 is 13.2 Å². The van der Waals surface area contributed by atoms with Gasteiger partial charge in [-0.3, -0.25) is 4.79 Å². The number of rotatable bonds is 3. The summed E-state index contributed by atoms with van der Waals surface area (Å²) in [5, 5.41) is 0. The quantitative estimate of drug-likeness (QED) is 0.807. The fourth-order valence-electron chi connectivity index (χ4n) is 3.63. The number of hydrogen-bond donors (Lipinski definition) is 0. The molecule has 138 valence electrons. The van der Waals surface area contributed by atoms with Crippen LogP contribution in [0.4, 0.5) is 0 Å². The Hall–Kier alpha value is -1.44. The van der Waals surface area contributed by atoms with Crippen LogP contribution in [0.15, 0.2) is 29.2 Å². The molecule has 0 bridgehead atoms. The zero-order valence-corrected chi connectivity index (χ0v) is 15.8. The molecule has 0 spiro atoms. The minimum absolute atomic E-state index is 0.0546. The number of sulfonamides is 1. The first-order chi connectivity index (χ1) is 11.9. The number of piperidine rings is 1. The molecule has 0 aromatic heterocycles. The van der Waals surface area contributed by atoms with Gasteiger partial charge in [0.25, 0.3) is 0 Å². The average molecular weight is 365 g/mol. The van der Waals surface area contributed by atoms with Crippen molar-refractivity contribution in [2.45, 2.75) is 24.7 Å². The summed E-state index contributed by atoms with van der Waals surface area (Å²) in [6.45, 7) is 5.47. The Bertz CT molecular complexity index is 710. The van der Waals surface area contributed by atoms with Gasteiger partial charge in [0.05, 0.1) is 10.8 Å². The number of carbonyl (C=O) groups is 1. The molecule has 2 aliphatic rings. The average Bonchev–Trinajstić information content (AvgIpc) is 2.61. The van der Waals surface area contributed by atoms with E-state index in [0.29, 0.717) is 31.1 Å². The van der Waals surface area contributed by atoms with E-state index in [1.165, 1.54) is 4.31 Å². The second-order valence-corrected chi connectivity index (χ2v) is 9.08. The van der Waals surface area contributed by atoms with Gasteiger partial charge in [0, 0.05) is 32.7 Å². The summed E-state index contributed by atoms with van der Waals surface area (Å²) in [7, 11) is -1.43. The molecule has 1 atom stereocenters. The van der Waals surface area contributed by atoms with Gasteiger partial charge in [-0.2, -0.15) is 4.31 Å². The smallest absolute Gasteiger partial charge is 0.243 e. The van der Waals surface area contributed by atoms with Gasteiger partial charge < -0.3 is 9.80 Å². The Morgan fingerprint density at radius 2 is 1.68 bits per heavy atom. The number of aryl methyl sites for hydroxylation is 1. The number of carbonyl (C=O) groups excluding carboxylic acids is 1. The fraction of sp³-hybridized carbons (Fsp3) is 0.611. The van der Waals surface area contributed by atoms with Crippen LogP contribution in [0.2, 0.25) is 0 Å². The molecule has 25 heavy (non-hydrogen) atoms. The van der Waals surface area contributed by atoms with Crippen LogP contribution in [-0.2, 0) is 14.8 Å². The largest absolute Gasteiger partial charge is 0.340 e. The Balaban J connectivity index is 1.61.